The summed E-state index contributed by atoms with van der Waals surface area (Å²) in [5.41, 5.74) is 2.36. The van der Waals surface area contributed by atoms with E-state index in [1.54, 1.807) is 13.8 Å². The van der Waals surface area contributed by atoms with Crippen molar-refractivity contribution in [2.75, 3.05) is 0 Å². The van der Waals surface area contributed by atoms with Crippen LogP contribution >= 0.6 is 0 Å². The van der Waals surface area contributed by atoms with Crippen molar-refractivity contribution in [3.8, 4) is 6.07 Å². The van der Waals surface area contributed by atoms with Gasteiger partial charge in [-0.2, -0.15) is 23.5 Å². The summed E-state index contributed by atoms with van der Waals surface area (Å²) in [7, 11) is 0. The maximum atomic E-state index is 12.9. The highest BCUT2D eigenvalue weighted by molar-refractivity contribution is 5.94. The molecule has 20 heavy (non-hydrogen) atoms. The van der Waals surface area contributed by atoms with E-state index in [4.69, 9.17) is 11.0 Å². The first-order valence-electron chi connectivity index (χ1n) is 5.59. The second-order valence-electron chi connectivity index (χ2n) is 4.85. The first-order valence-corrected chi connectivity index (χ1v) is 5.59. The molecule has 1 aromatic heterocycles. The molecule has 0 aliphatic carbocycles. The van der Waals surface area contributed by atoms with Crippen molar-refractivity contribution in [3.63, 3.8) is 0 Å². The number of aromatic nitrogens is 2. The second-order valence-corrected chi connectivity index (χ2v) is 4.85. The molecule has 0 aliphatic heterocycles. The minimum absolute atomic E-state index is 0.134. The summed E-state index contributed by atoms with van der Waals surface area (Å²) < 4.78 is 39.3. The third-order valence-corrected chi connectivity index (χ3v) is 2.53. The number of nitrogens with zero attached hydrogens (tertiary/aromatic N) is 3. The maximum Gasteiger partial charge on any atom is 0.434 e. The van der Waals surface area contributed by atoms with Crippen LogP contribution in [0, 0.1) is 16.7 Å². The molecule has 0 atom stereocenters. The lowest BCUT2D eigenvalue weighted by Crippen LogP contribution is -2.20. The molecule has 0 saturated carbocycles. The lowest BCUT2D eigenvalue weighted by Gasteiger charge is -2.15. The Balaban J connectivity index is 3.25. The zero-order chi connectivity index (χ0) is 15.6. The Morgan fingerprint density at radius 2 is 2.15 bits per heavy atom. The Kier molecular flexibility index (Phi) is 4.23. The molecule has 1 amide bonds. The van der Waals surface area contributed by atoms with Crippen molar-refractivity contribution >= 4 is 12.1 Å². The number of amides is 1. The standard InChI is InChI=1S/C12H13F3N4O/c1-11(2,3-5-16)4-6-19-9(12(13,14)15)8(7-18-19)10(17)20/h4,6-7H,3H2,1-2H3,(H2,17,20)/b6-4+. The minimum Gasteiger partial charge on any atom is -0.365 e. The highest BCUT2D eigenvalue weighted by Crippen LogP contribution is 2.32. The van der Waals surface area contributed by atoms with E-state index in [-0.39, 0.29) is 6.42 Å². The van der Waals surface area contributed by atoms with Crippen LogP contribution in [-0.4, -0.2) is 15.7 Å². The average Bonchev–Trinajstić information content (AvgIpc) is 2.69. The van der Waals surface area contributed by atoms with Crippen molar-refractivity contribution in [1.29, 1.82) is 5.26 Å². The lowest BCUT2D eigenvalue weighted by molar-refractivity contribution is -0.142. The monoisotopic (exact) mass is 286 g/mol. The quantitative estimate of drug-likeness (QED) is 0.922. The molecule has 5 nitrogen and oxygen atoms in total. The molecule has 1 aromatic rings. The van der Waals surface area contributed by atoms with Crippen molar-refractivity contribution in [1.82, 2.24) is 9.78 Å². The lowest BCUT2D eigenvalue weighted by atomic mass is 9.90. The number of carbonyl (C=O) groups is 1. The van der Waals surface area contributed by atoms with Gasteiger partial charge in [-0.1, -0.05) is 19.9 Å². The summed E-state index contributed by atoms with van der Waals surface area (Å²) in [5, 5.41) is 12.1. The van der Waals surface area contributed by atoms with E-state index in [0.29, 0.717) is 4.68 Å². The smallest absolute Gasteiger partial charge is 0.365 e. The fourth-order valence-electron chi connectivity index (χ4n) is 1.47. The van der Waals surface area contributed by atoms with Crippen molar-refractivity contribution < 1.29 is 18.0 Å². The van der Waals surface area contributed by atoms with Gasteiger partial charge < -0.3 is 5.73 Å². The topological polar surface area (TPSA) is 84.7 Å². The van der Waals surface area contributed by atoms with Crippen LogP contribution in [0.1, 0.15) is 36.3 Å². The molecule has 0 radical (unpaired) electrons. The summed E-state index contributed by atoms with van der Waals surface area (Å²) in [4.78, 5) is 11.0. The zero-order valence-electron chi connectivity index (χ0n) is 10.9. The summed E-state index contributed by atoms with van der Waals surface area (Å²) in [6.45, 7) is 3.39. The number of alkyl halides is 3. The van der Waals surface area contributed by atoms with Crippen LogP contribution in [0.5, 0.6) is 0 Å². The van der Waals surface area contributed by atoms with E-state index in [1.165, 1.54) is 6.08 Å². The van der Waals surface area contributed by atoms with Crippen molar-refractivity contribution in [2.45, 2.75) is 26.4 Å². The maximum absolute atomic E-state index is 12.9. The molecule has 2 N–H and O–H groups in total. The number of rotatable bonds is 4. The van der Waals surface area contributed by atoms with E-state index >= 15 is 0 Å². The van der Waals surface area contributed by atoms with Crippen molar-refractivity contribution in [3.05, 3.63) is 23.5 Å². The summed E-state index contributed by atoms with van der Waals surface area (Å²) in [5.74, 6) is -1.20. The number of halogens is 3. The molecule has 1 rings (SSSR count). The van der Waals surface area contributed by atoms with Crippen LogP contribution in [0.4, 0.5) is 13.2 Å². The van der Waals surface area contributed by atoms with E-state index in [2.05, 4.69) is 5.10 Å². The van der Waals surface area contributed by atoms with Gasteiger partial charge in [-0.15, -0.1) is 0 Å². The van der Waals surface area contributed by atoms with Gasteiger partial charge in [-0.25, -0.2) is 4.68 Å². The Bertz CT molecular complexity index is 579. The van der Waals surface area contributed by atoms with Crippen LogP contribution < -0.4 is 5.73 Å². The highest BCUT2D eigenvalue weighted by Gasteiger charge is 2.39. The van der Waals surface area contributed by atoms with Gasteiger partial charge in [-0.3, -0.25) is 4.79 Å². The van der Waals surface area contributed by atoms with Gasteiger partial charge in [0.1, 0.15) is 0 Å². The molecule has 0 spiro atoms. The normalized spacial score (nSPS) is 12.6. The van der Waals surface area contributed by atoms with Gasteiger partial charge in [0.25, 0.3) is 5.91 Å². The van der Waals surface area contributed by atoms with Gasteiger partial charge in [0.15, 0.2) is 5.69 Å². The molecule has 0 unspecified atom stereocenters. The molecule has 108 valence electrons. The number of hydrogen-bond donors (Lipinski definition) is 1. The molecule has 1 heterocycles. The molecular formula is C12H13F3N4O. The molecule has 0 saturated heterocycles. The number of nitrogens with two attached hydrogens (primary N) is 1. The minimum atomic E-state index is -4.76. The first kappa shape index (κ1) is 15.8. The van der Waals surface area contributed by atoms with Gasteiger partial charge >= 0.3 is 6.18 Å². The number of primary amides is 1. The van der Waals surface area contributed by atoms with E-state index < -0.39 is 28.8 Å². The predicted molar refractivity (Wildman–Crippen MR) is 65.1 cm³/mol. The predicted octanol–water partition coefficient (Wildman–Crippen LogP) is 2.41. The largest absolute Gasteiger partial charge is 0.434 e. The van der Waals surface area contributed by atoms with Crippen LogP contribution in [0.3, 0.4) is 0 Å². The second kappa shape index (κ2) is 5.36. The Morgan fingerprint density at radius 1 is 1.55 bits per heavy atom. The Hall–Kier alpha value is -2.30. The van der Waals surface area contributed by atoms with E-state index in [1.807, 2.05) is 6.07 Å². The molecular weight excluding hydrogens is 273 g/mol. The Labute approximate surface area is 113 Å². The molecule has 0 aromatic carbocycles. The third kappa shape index (κ3) is 3.60. The molecule has 0 bridgehead atoms. The van der Waals surface area contributed by atoms with Crippen LogP contribution in [-0.2, 0) is 6.18 Å². The van der Waals surface area contributed by atoms with Crippen LogP contribution in [0.2, 0.25) is 0 Å². The van der Waals surface area contributed by atoms with Crippen LogP contribution in [0.15, 0.2) is 12.3 Å². The number of carbonyl (C=O) groups excluding carboxylic acids is 1. The average molecular weight is 286 g/mol. The SMILES string of the molecule is CC(C)(/C=C/n1ncc(C(N)=O)c1C(F)(F)F)CC#N. The fourth-order valence-corrected chi connectivity index (χ4v) is 1.47. The summed E-state index contributed by atoms with van der Waals surface area (Å²) in [6, 6.07) is 1.94. The van der Waals surface area contributed by atoms with Gasteiger partial charge in [0, 0.05) is 12.6 Å². The van der Waals surface area contributed by atoms with Crippen molar-refractivity contribution in [2.24, 2.45) is 11.1 Å². The van der Waals surface area contributed by atoms with E-state index in [0.717, 1.165) is 12.4 Å². The molecule has 0 aliphatic rings. The number of hydrogen-bond acceptors (Lipinski definition) is 3. The number of nitriles is 1. The van der Waals surface area contributed by atoms with E-state index in [9.17, 15) is 18.0 Å². The number of allylic oxidation sites excluding steroid dienone is 1. The van der Waals surface area contributed by atoms with Gasteiger partial charge in [0.05, 0.1) is 17.8 Å². The fraction of sp³-hybridized carbons (Fsp3) is 0.417. The third-order valence-electron chi connectivity index (χ3n) is 2.53. The molecule has 8 heteroatoms. The van der Waals surface area contributed by atoms with Gasteiger partial charge in [-0.05, 0) is 5.41 Å². The zero-order valence-corrected chi connectivity index (χ0v) is 10.9. The summed E-state index contributed by atoms with van der Waals surface area (Å²) >= 11 is 0. The van der Waals surface area contributed by atoms with Crippen LogP contribution in [0.25, 0.3) is 6.20 Å². The summed E-state index contributed by atoms with van der Waals surface area (Å²) in [6.07, 6.45) is -1.36. The Morgan fingerprint density at radius 3 is 2.60 bits per heavy atom. The molecule has 0 fully saturated rings. The first-order chi connectivity index (χ1) is 9.08. The highest BCUT2D eigenvalue weighted by atomic mass is 19.4. The van der Waals surface area contributed by atoms with Gasteiger partial charge in [0.2, 0.25) is 0 Å².